The third-order valence-corrected chi connectivity index (χ3v) is 4.82. The first-order valence-corrected chi connectivity index (χ1v) is 9.55. The topological polar surface area (TPSA) is 68.9 Å². The standard InChI is InChI=1S/C22H29N3O2/c1-16-11-12-17(21(13-16)27-19-8-4-5-9-19)14-24-22(23)25-20-10-6-3-7-18(20)15-26-2/h3,6-7,10-13,19H,4-5,8-9,14-15H2,1-2H3,(H3,23,24,25). The summed E-state index contributed by atoms with van der Waals surface area (Å²) in [5.41, 5.74) is 10.3. The summed E-state index contributed by atoms with van der Waals surface area (Å²) in [7, 11) is 1.68. The zero-order valence-electron chi connectivity index (χ0n) is 16.2. The molecule has 1 saturated carbocycles. The number of nitrogens with one attached hydrogen (secondary N) is 1. The largest absolute Gasteiger partial charge is 0.490 e. The van der Waals surface area contributed by atoms with E-state index in [1.165, 1.54) is 18.4 Å². The average Bonchev–Trinajstić information content (AvgIpc) is 3.16. The second-order valence-corrected chi connectivity index (χ2v) is 7.05. The minimum Gasteiger partial charge on any atom is -0.490 e. The molecule has 2 aromatic rings. The van der Waals surface area contributed by atoms with Crippen molar-refractivity contribution in [1.29, 1.82) is 0 Å². The molecule has 1 fully saturated rings. The van der Waals surface area contributed by atoms with Crippen LogP contribution in [0.2, 0.25) is 0 Å². The van der Waals surface area contributed by atoms with Crippen LogP contribution in [0.3, 0.4) is 0 Å². The van der Waals surface area contributed by atoms with Crippen molar-refractivity contribution in [2.45, 2.75) is 51.9 Å². The highest BCUT2D eigenvalue weighted by atomic mass is 16.5. The van der Waals surface area contributed by atoms with Crippen molar-refractivity contribution in [3.05, 3.63) is 59.2 Å². The summed E-state index contributed by atoms with van der Waals surface area (Å²) in [5, 5.41) is 3.18. The Balaban J connectivity index is 1.69. The van der Waals surface area contributed by atoms with E-state index in [4.69, 9.17) is 15.2 Å². The molecule has 27 heavy (non-hydrogen) atoms. The van der Waals surface area contributed by atoms with Crippen LogP contribution in [-0.2, 0) is 17.9 Å². The van der Waals surface area contributed by atoms with Gasteiger partial charge < -0.3 is 20.5 Å². The maximum atomic E-state index is 6.24. The quantitative estimate of drug-likeness (QED) is 0.562. The number of benzene rings is 2. The van der Waals surface area contributed by atoms with Crippen LogP contribution in [0, 0.1) is 6.92 Å². The molecule has 0 atom stereocenters. The number of hydrogen-bond acceptors (Lipinski definition) is 3. The van der Waals surface area contributed by atoms with E-state index in [1.54, 1.807) is 7.11 Å². The molecule has 2 aromatic carbocycles. The molecule has 3 N–H and O–H groups in total. The monoisotopic (exact) mass is 367 g/mol. The molecule has 0 heterocycles. The summed E-state index contributed by atoms with van der Waals surface area (Å²) >= 11 is 0. The average molecular weight is 367 g/mol. The Kier molecular flexibility index (Phi) is 6.71. The Bertz CT molecular complexity index is 783. The Morgan fingerprint density at radius 3 is 2.70 bits per heavy atom. The van der Waals surface area contributed by atoms with Gasteiger partial charge in [0, 0.05) is 23.9 Å². The van der Waals surface area contributed by atoms with E-state index in [-0.39, 0.29) is 0 Å². The fourth-order valence-electron chi connectivity index (χ4n) is 3.36. The second kappa shape index (κ2) is 9.42. The fraction of sp³-hybridized carbons (Fsp3) is 0.409. The predicted molar refractivity (Wildman–Crippen MR) is 110 cm³/mol. The number of aryl methyl sites for hydroxylation is 1. The predicted octanol–water partition coefficient (Wildman–Crippen LogP) is 4.39. The molecular formula is C22H29N3O2. The molecule has 5 heteroatoms. The molecule has 144 valence electrons. The number of anilines is 1. The minimum absolute atomic E-state index is 0.325. The smallest absolute Gasteiger partial charge is 0.193 e. The van der Waals surface area contributed by atoms with Gasteiger partial charge in [-0.25, -0.2) is 4.99 Å². The van der Waals surface area contributed by atoms with Crippen molar-refractivity contribution in [2.24, 2.45) is 10.7 Å². The van der Waals surface area contributed by atoms with Crippen LogP contribution in [0.1, 0.15) is 42.4 Å². The van der Waals surface area contributed by atoms with Gasteiger partial charge >= 0.3 is 0 Å². The number of aliphatic imine (C=N–C) groups is 1. The lowest BCUT2D eigenvalue weighted by Gasteiger charge is -2.17. The van der Waals surface area contributed by atoms with Crippen LogP contribution in [0.5, 0.6) is 5.75 Å². The van der Waals surface area contributed by atoms with E-state index >= 15 is 0 Å². The lowest BCUT2D eigenvalue weighted by atomic mass is 10.1. The number of guanidine groups is 1. The van der Waals surface area contributed by atoms with E-state index in [1.807, 2.05) is 24.3 Å². The molecule has 0 amide bonds. The van der Waals surface area contributed by atoms with Gasteiger partial charge in [0.25, 0.3) is 0 Å². The number of ether oxygens (including phenoxy) is 2. The highest BCUT2D eigenvalue weighted by molar-refractivity contribution is 5.93. The number of methoxy groups -OCH3 is 1. The number of para-hydroxylation sites is 1. The van der Waals surface area contributed by atoms with Crippen LogP contribution in [0.25, 0.3) is 0 Å². The molecule has 0 aromatic heterocycles. The zero-order valence-corrected chi connectivity index (χ0v) is 16.2. The van der Waals surface area contributed by atoms with Crippen molar-refractivity contribution in [3.63, 3.8) is 0 Å². The molecule has 5 nitrogen and oxygen atoms in total. The first-order chi connectivity index (χ1) is 13.2. The fourth-order valence-corrected chi connectivity index (χ4v) is 3.36. The SMILES string of the molecule is COCc1ccccc1NC(N)=NCc1ccc(C)cc1OC1CCCC1. The summed E-state index contributed by atoms with van der Waals surface area (Å²) in [4.78, 5) is 4.52. The van der Waals surface area contributed by atoms with Crippen molar-refractivity contribution >= 4 is 11.6 Å². The maximum absolute atomic E-state index is 6.24. The molecule has 0 radical (unpaired) electrons. The minimum atomic E-state index is 0.325. The van der Waals surface area contributed by atoms with Gasteiger partial charge in [-0.05, 0) is 50.3 Å². The Hall–Kier alpha value is -2.53. The number of nitrogens with zero attached hydrogens (tertiary/aromatic N) is 1. The molecule has 0 unspecified atom stereocenters. The summed E-state index contributed by atoms with van der Waals surface area (Å²) < 4.78 is 11.5. The van der Waals surface area contributed by atoms with Crippen molar-refractivity contribution in [2.75, 3.05) is 12.4 Å². The normalized spacial score (nSPS) is 15.1. The van der Waals surface area contributed by atoms with Gasteiger partial charge in [0.2, 0.25) is 0 Å². The summed E-state index contributed by atoms with van der Waals surface area (Å²) in [6, 6.07) is 14.2. The van der Waals surface area contributed by atoms with Gasteiger partial charge in [0.05, 0.1) is 19.3 Å². The third-order valence-electron chi connectivity index (χ3n) is 4.82. The molecule has 0 aliphatic heterocycles. The third kappa shape index (κ3) is 5.47. The lowest BCUT2D eigenvalue weighted by molar-refractivity contribution is 0.185. The van der Waals surface area contributed by atoms with E-state index in [0.717, 1.165) is 35.4 Å². The van der Waals surface area contributed by atoms with E-state index in [0.29, 0.717) is 25.2 Å². The van der Waals surface area contributed by atoms with E-state index in [2.05, 4.69) is 35.4 Å². The highest BCUT2D eigenvalue weighted by Gasteiger charge is 2.18. The summed E-state index contributed by atoms with van der Waals surface area (Å²) in [6.45, 7) is 3.08. The van der Waals surface area contributed by atoms with Gasteiger partial charge in [-0.3, -0.25) is 0 Å². The molecule has 0 spiro atoms. The van der Waals surface area contributed by atoms with E-state index in [9.17, 15) is 0 Å². The number of nitrogens with two attached hydrogens (primary N) is 1. The highest BCUT2D eigenvalue weighted by Crippen LogP contribution is 2.28. The van der Waals surface area contributed by atoms with Crippen LogP contribution in [0.15, 0.2) is 47.5 Å². The zero-order chi connectivity index (χ0) is 19.1. The molecule has 0 saturated heterocycles. The van der Waals surface area contributed by atoms with Crippen LogP contribution >= 0.6 is 0 Å². The van der Waals surface area contributed by atoms with Gasteiger partial charge in [0.15, 0.2) is 5.96 Å². The van der Waals surface area contributed by atoms with Crippen LogP contribution < -0.4 is 15.8 Å². The summed E-state index contributed by atoms with van der Waals surface area (Å²) in [5.74, 6) is 1.31. The van der Waals surface area contributed by atoms with Crippen molar-refractivity contribution < 1.29 is 9.47 Å². The van der Waals surface area contributed by atoms with Crippen LogP contribution in [0.4, 0.5) is 5.69 Å². The molecule has 0 bridgehead atoms. The van der Waals surface area contributed by atoms with Crippen molar-refractivity contribution in [1.82, 2.24) is 0 Å². The first-order valence-electron chi connectivity index (χ1n) is 9.55. The second-order valence-electron chi connectivity index (χ2n) is 7.05. The van der Waals surface area contributed by atoms with Crippen molar-refractivity contribution in [3.8, 4) is 5.75 Å². The molecule has 1 aliphatic carbocycles. The Morgan fingerprint density at radius 2 is 1.93 bits per heavy atom. The lowest BCUT2D eigenvalue weighted by Crippen LogP contribution is -2.23. The van der Waals surface area contributed by atoms with E-state index < -0.39 is 0 Å². The molecule has 1 aliphatic rings. The van der Waals surface area contributed by atoms with Gasteiger partial charge in [-0.1, -0.05) is 30.3 Å². The van der Waals surface area contributed by atoms with Gasteiger partial charge in [0.1, 0.15) is 5.75 Å². The summed E-state index contributed by atoms with van der Waals surface area (Å²) in [6.07, 6.45) is 5.10. The Morgan fingerprint density at radius 1 is 1.15 bits per heavy atom. The number of rotatable bonds is 7. The van der Waals surface area contributed by atoms with Gasteiger partial charge in [-0.15, -0.1) is 0 Å². The van der Waals surface area contributed by atoms with Gasteiger partial charge in [-0.2, -0.15) is 0 Å². The maximum Gasteiger partial charge on any atom is 0.193 e. The number of hydrogen-bond donors (Lipinski definition) is 2. The molecule has 3 rings (SSSR count). The Labute approximate surface area is 161 Å². The first kappa shape index (κ1) is 19.2. The molecular weight excluding hydrogens is 338 g/mol. The van der Waals surface area contributed by atoms with Crippen LogP contribution in [-0.4, -0.2) is 19.2 Å².